The lowest BCUT2D eigenvalue weighted by molar-refractivity contribution is 0.904. The topological polar surface area (TPSA) is 36.8 Å². The molecule has 0 amide bonds. The SMILES string of the molecule is C=N/C(S)=N\NC. The van der Waals surface area contributed by atoms with E-state index in [1.54, 1.807) is 7.05 Å². The van der Waals surface area contributed by atoms with Gasteiger partial charge in [-0.25, -0.2) is 4.99 Å². The van der Waals surface area contributed by atoms with E-state index < -0.39 is 0 Å². The molecule has 0 rings (SSSR count). The summed E-state index contributed by atoms with van der Waals surface area (Å²) in [7, 11) is 1.67. The fourth-order valence-electron chi connectivity index (χ4n) is 0.135. The molecule has 0 aliphatic heterocycles. The molecule has 0 bridgehead atoms. The summed E-state index contributed by atoms with van der Waals surface area (Å²) < 4.78 is 0. The first-order valence-electron chi connectivity index (χ1n) is 1.71. The van der Waals surface area contributed by atoms with Gasteiger partial charge in [0.15, 0.2) is 0 Å². The van der Waals surface area contributed by atoms with E-state index in [2.05, 4.69) is 34.9 Å². The van der Waals surface area contributed by atoms with E-state index in [0.29, 0.717) is 5.17 Å². The summed E-state index contributed by atoms with van der Waals surface area (Å²) in [6.45, 7) is 3.18. The molecular weight excluding hydrogens is 110 g/mol. The molecule has 0 spiro atoms. The van der Waals surface area contributed by atoms with Gasteiger partial charge in [0, 0.05) is 7.05 Å². The van der Waals surface area contributed by atoms with Crippen molar-refractivity contribution in [3.8, 4) is 0 Å². The van der Waals surface area contributed by atoms with Crippen molar-refractivity contribution in [2.45, 2.75) is 0 Å². The van der Waals surface area contributed by atoms with Crippen LogP contribution >= 0.6 is 12.6 Å². The Kier molecular flexibility index (Phi) is 3.40. The van der Waals surface area contributed by atoms with Gasteiger partial charge in [-0.1, -0.05) is 0 Å². The second-order valence-electron chi connectivity index (χ2n) is 0.794. The first-order valence-corrected chi connectivity index (χ1v) is 2.16. The van der Waals surface area contributed by atoms with Gasteiger partial charge >= 0.3 is 0 Å². The van der Waals surface area contributed by atoms with Gasteiger partial charge in [-0.15, -0.1) is 12.6 Å². The average molecular weight is 117 g/mol. The van der Waals surface area contributed by atoms with Gasteiger partial charge in [-0.3, -0.25) is 0 Å². The number of hydrogen-bond donors (Lipinski definition) is 2. The Bertz CT molecular complexity index is 88.2. The highest BCUT2D eigenvalue weighted by molar-refractivity contribution is 7.96. The number of rotatable bonds is 1. The number of aliphatic imine (C=N–C) groups is 1. The molecular formula is C3H7N3S. The average Bonchev–Trinajstić information content (AvgIpc) is 1.68. The van der Waals surface area contributed by atoms with Gasteiger partial charge in [0.25, 0.3) is 0 Å². The minimum Gasteiger partial charge on any atom is -0.311 e. The van der Waals surface area contributed by atoms with Crippen molar-refractivity contribution in [3.63, 3.8) is 0 Å². The molecule has 0 fully saturated rings. The van der Waals surface area contributed by atoms with Crippen LogP contribution in [0, 0.1) is 0 Å². The highest BCUT2D eigenvalue weighted by Gasteiger charge is 1.75. The van der Waals surface area contributed by atoms with Crippen LogP contribution in [0.15, 0.2) is 10.1 Å². The van der Waals surface area contributed by atoms with Gasteiger partial charge in [0.2, 0.25) is 5.17 Å². The summed E-state index contributed by atoms with van der Waals surface area (Å²) in [5.41, 5.74) is 2.50. The second-order valence-corrected chi connectivity index (χ2v) is 1.19. The van der Waals surface area contributed by atoms with Gasteiger partial charge < -0.3 is 5.43 Å². The molecule has 0 atom stereocenters. The number of nitrogens with one attached hydrogen (secondary N) is 1. The van der Waals surface area contributed by atoms with E-state index in [0.717, 1.165) is 0 Å². The zero-order valence-electron chi connectivity index (χ0n) is 4.05. The summed E-state index contributed by atoms with van der Waals surface area (Å²) in [5.74, 6) is 0. The number of hydrogen-bond acceptors (Lipinski definition) is 2. The molecule has 0 unspecified atom stereocenters. The van der Waals surface area contributed by atoms with Crippen LogP contribution in [0.1, 0.15) is 0 Å². The van der Waals surface area contributed by atoms with Crippen molar-refractivity contribution in [2.75, 3.05) is 7.05 Å². The predicted molar refractivity (Wildman–Crippen MR) is 35.0 cm³/mol. The normalized spacial score (nSPS) is 10.9. The maximum atomic E-state index is 3.77. The minimum atomic E-state index is 0.350. The molecule has 1 N–H and O–H groups in total. The van der Waals surface area contributed by atoms with Crippen LogP contribution in [-0.2, 0) is 0 Å². The van der Waals surface area contributed by atoms with Gasteiger partial charge in [-0.2, -0.15) is 5.10 Å². The van der Waals surface area contributed by atoms with Crippen molar-refractivity contribution in [1.29, 1.82) is 0 Å². The maximum absolute atomic E-state index is 3.77. The Morgan fingerprint density at radius 1 is 1.86 bits per heavy atom. The van der Waals surface area contributed by atoms with Gasteiger partial charge in [0.05, 0.1) is 0 Å². The first kappa shape index (κ1) is 6.49. The summed E-state index contributed by atoms with van der Waals surface area (Å²) in [5, 5.41) is 3.89. The van der Waals surface area contributed by atoms with Crippen LogP contribution in [0.4, 0.5) is 0 Å². The molecule has 0 saturated heterocycles. The molecule has 0 heterocycles. The lowest BCUT2D eigenvalue weighted by atomic mass is 11.2. The molecule has 0 radical (unpaired) electrons. The van der Waals surface area contributed by atoms with Crippen LogP contribution in [0.25, 0.3) is 0 Å². The molecule has 0 aliphatic carbocycles. The standard InChI is InChI=1S/C3H7N3S/c1-4-3(7)6-5-2/h5H,1H2,2H3,(H,6,7). The van der Waals surface area contributed by atoms with Gasteiger partial charge in [0.1, 0.15) is 0 Å². The first-order chi connectivity index (χ1) is 3.31. The van der Waals surface area contributed by atoms with Crippen LogP contribution in [0.3, 0.4) is 0 Å². The third-order valence-electron chi connectivity index (χ3n) is 0.353. The number of amidine groups is 1. The monoisotopic (exact) mass is 117 g/mol. The Morgan fingerprint density at radius 2 is 2.43 bits per heavy atom. The maximum Gasteiger partial charge on any atom is 0.202 e. The van der Waals surface area contributed by atoms with Crippen molar-refractivity contribution in [1.82, 2.24) is 5.43 Å². The zero-order valence-corrected chi connectivity index (χ0v) is 4.94. The van der Waals surface area contributed by atoms with E-state index in [-0.39, 0.29) is 0 Å². The molecule has 0 aliphatic rings. The van der Waals surface area contributed by atoms with Crippen LogP contribution in [0.5, 0.6) is 0 Å². The molecule has 0 aromatic carbocycles. The van der Waals surface area contributed by atoms with Crippen LogP contribution in [0.2, 0.25) is 0 Å². The van der Waals surface area contributed by atoms with Crippen molar-refractivity contribution in [3.05, 3.63) is 0 Å². The number of hydrazone groups is 1. The third kappa shape index (κ3) is 3.32. The van der Waals surface area contributed by atoms with E-state index in [4.69, 9.17) is 0 Å². The molecule has 0 aromatic rings. The molecule has 40 valence electrons. The van der Waals surface area contributed by atoms with E-state index in [1.807, 2.05) is 0 Å². The molecule has 0 aromatic heterocycles. The molecule has 7 heavy (non-hydrogen) atoms. The lowest BCUT2D eigenvalue weighted by Gasteiger charge is -1.84. The number of thiol groups is 1. The molecule has 4 heteroatoms. The van der Waals surface area contributed by atoms with Crippen molar-refractivity contribution >= 4 is 24.5 Å². The Hall–Kier alpha value is -0.510. The summed E-state index contributed by atoms with van der Waals surface area (Å²) >= 11 is 3.77. The van der Waals surface area contributed by atoms with Crippen molar-refractivity contribution < 1.29 is 0 Å². The largest absolute Gasteiger partial charge is 0.311 e. The number of nitrogens with zero attached hydrogens (tertiary/aromatic N) is 2. The van der Waals surface area contributed by atoms with E-state index in [9.17, 15) is 0 Å². The lowest BCUT2D eigenvalue weighted by Crippen LogP contribution is -1.96. The Balaban J connectivity index is 3.49. The highest BCUT2D eigenvalue weighted by Crippen LogP contribution is 1.79. The van der Waals surface area contributed by atoms with E-state index in [1.165, 1.54) is 0 Å². The second kappa shape index (κ2) is 3.67. The Morgan fingerprint density at radius 3 is 2.57 bits per heavy atom. The van der Waals surface area contributed by atoms with Gasteiger partial charge in [-0.05, 0) is 6.72 Å². The summed E-state index contributed by atoms with van der Waals surface area (Å²) in [6.07, 6.45) is 0. The predicted octanol–water partition coefficient (Wildman–Crippen LogP) is 0.107. The van der Waals surface area contributed by atoms with Crippen LogP contribution in [-0.4, -0.2) is 18.9 Å². The quantitative estimate of drug-likeness (QED) is 0.217. The smallest absolute Gasteiger partial charge is 0.202 e. The summed E-state index contributed by atoms with van der Waals surface area (Å²) in [6, 6.07) is 0. The fourth-order valence-corrected chi connectivity index (χ4v) is 0.235. The highest BCUT2D eigenvalue weighted by atomic mass is 32.1. The molecule has 0 saturated carbocycles. The Labute approximate surface area is 47.9 Å². The van der Waals surface area contributed by atoms with Crippen LogP contribution < -0.4 is 5.43 Å². The van der Waals surface area contributed by atoms with Crippen molar-refractivity contribution in [2.24, 2.45) is 10.1 Å². The fraction of sp³-hybridized carbons (Fsp3) is 0.333. The zero-order chi connectivity index (χ0) is 5.70. The van der Waals surface area contributed by atoms with E-state index >= 15 is 0 Å². The third-order valence-corrected chi connectivity index (χ3v) is 0.595. The minimum absolute atomic E-state index is 0.350. The summed E-state index contributed by atoms with van der Waals surface area (Å²) in [4.78, 5) is 3.38. The molecule has 3 nitrogen and oxygen atoms in total.